The van der Waals surface area contributed by atoms with Crippen molar-refractivity contribution in [3.63, 3.8) is 0 Å². The van der Waals surface area contributed by atoms with Gasteiger partial charge in [-0.3, -0.25) is 14.4 Å². The molecule has 0 aromatic carbocycles. The third-order valence-electron chi connectivity index (χ3n) is 8.04. The van der Waals surface area contributed by atoms with Crippen LogP contribution in [0.2, 0.25) is 0 Å². The molecule has 2 saturated heterocycles. The molecule has 33 heavy (non-hydrogen) atoms. The number of aliphatic hydroxyl groups excluding tert-OH is 1. The molecule has 0 aromatic rings. The van der Waals surface area contributed by atoms with E-state index >= 15 is 0 Å². The van der Waals surface area contributed by atoms with Crippen molar-refractivity contribution >= 4 is 17.7 Å². The van der Waals surface area contributed by atoms with Crippen molar-refractivity contribution in [1.82, 2.24) is 14.7 Å². The van der Waals surface area contributed by atoms with Crippen LogP contribution in [0.3, 0.4) is 0 Å². The van der Waals surface area contributed by atoms with Crippen LogP contribution in [-0.2, 0) is 19.1 Å². The maximum Gasteiger partial charge on any atom is 0.249 e. The molecular weight excluding hydrogens is 422 g/mol. The number of amides is 3. The lowest BCUT2D eigenvalue weighted by molar-refractivity contribution is -0.156. The van der Waals surface area contributed by atoms with Crippen LogP contribution in [0.15, 0.2) is 24.3 Å². The average molecular weight is 460 g/mol. The Balaban J connectivity index is 1.89. The first-order chi connectivity index (χ1) is 15.7. The zero-order valence-electron chi connectivity index (χ0n) is 20.4. The normalized spacial score (nSPS) is 37.6. The third-order valence-corrected chi connectivity index (χ3v) is 8.04. The van der Waals surface area contributed by atoms with E-state index in [0.717, 1.165) is 12.8 Å². The number of rotatable bonds is 6. The summed E-state index contributed by atoms with van der Waals surface area (Å²) in [7, 11) is 1.73. The van der Waals surface area contributed by atoms with E-state index in [1.165, 1.54) is 4.90 Å². The van der Waals surface area contributed by atoms with Gasteiger partial charge < -0.3 is 24.5 Å². The van der Waals surface area contributed by atoms with Gasteiger partial charge in [-0.15, -0.1) is 0 Å². The molecule has 2 unspecified atom stereocenters. The number of aliphatic hydroxyl groups is 1. The summed E-state index contributed by atoms with van der Waals surface area (Å²) in [4.78, 5) is 46.6. The fourth-order valence-corrected chi connectivity index (χ4v) is 6.38. The maximum atomic E-state index is 14.1. The Morgan fingerprint density at radius 2 is 1.79 bits per heavy atom. The molecule has 0 radical (unpaired) electrons. The fraction of sp³-hybridized carbons (Fsp3) is 0.720. The monoisotopic (exact) mass is 459 g/mol. The van der Waals surface area contributed by atoms with E-state index in [4.69, 9.17) is 4.74 Å². The second-order valence-corrected chi connectivity index (χ2v) is 10.1. The van der Waals surface area contributed by atoms with Gasteiger partial charge in [0, 0.05) is 26.2 Å². The van der Waals surface area contributed by atoms with Gasteiger partial charge in [0.2, 0.25) is 17.7 Å². The molecule has 8 heteroatoms. The molecule has 4 aliphatic rings. The fourth-order valence-electron chi connectivity index (χ4n) is 6.38. The molecule has 2 fully saturated rings. The number of ether oxygens (including phenoxy) is 1. The zero-order chi connectivity index (χ0) is 24.1. The maximum absolute atomic E-state index is 14.1. The van der Waals surface area contributed by atoms with Gasteiger partial charge in [0.05, 0.1) is 30.1 Å². The largest absolute Gasteiger partial charge is 0.394 e. The SMILES string of the molecule is CCCC(C)N1CC=C[C@]23O[C@@]4(C)C=CCN(C)C(=O)[C@H]4[C@H]2C(=O)N([C@@H](CC)CO)C3C1=O. The molecule has 0 saturated carbocycles. The van der Waals surface area contributed by atoms with E-state index in [2.05, 4.69) is 6.92 Å². The molecular formula is C25H37N3O5. The minimum Gasteiger partial charge on any atom is -0.394 e. The number of fused-ring (bicyclic) bond motifs is 2. The lowest BCUT2D eigenvalue weighted by Gasteiger charge is -2.41. The highest BCUT2D eigenvalue weighted by Gasteiger charge is 2.75. The van der Waals surface area contributed by atoms with Crippen molar-refractivity contribution in [2.75, 3.05) is 26.7 Å². The molecule has 8 nitrogen and oxygen atoms in total. The van der Waals surface area contributed by atoms with Crippen LogP contribution in [0.1, 0.15) is 47.0 Å². The molecule has 7 atom stereocenters. The second-order valence-electron chi connectivity index (χ2n) is 10.1. The highest BCUT2D eigenvalue weighted by Crippen LogP contribution is 2.57. The van der Waals surface area contributed by atoms with E-state index < -0.39 is 35.1 Å². The van der Waals surface area contributed by atoms with E-state index in [1.54, 1.807) is 11.9 Å². The molecule has 0 bridgehead atoms. The van der Waals surface area contributed by atoms with Crippen molar-refractivity contribution in [3.05, 3.63) is 24.3 Å². The van der Waals surface area contributed by atoms with Crippen molar-refractivity contribution in [1.29, 1.82) is 0 Å². The lowest BCUT2D eigenvalue weighted by Crippen LogP contribution is -2.59. The Labute approximate surface area is 196 Å². The summed E-state index contributed by atoms with van der Waals surface area (Å²) >= 11 is 0. The zero-order valence-corrected chi connectivity index (χ0v) is 20.4. The summed E-state index contributed by atoms with van der Waals surface area (Å²) < 4.78 is 6.73. The van der Waals surface area contributed by atoms with Crippen molar-refractivity contribution in [2.24, 2.45) is 11.8 Å². The van der Waals surface area contributed by atoms with Crippen LogP contribution < -0.4 is 0 Å². The predicted octanol–water partition coefficient (Wildman–Crippen LogP) is 1.34. The Morgan fingerprint density at radius 3 is 2.42 bits per heavy atom. The van der Waals surface area contributed by atoms with Gasteiger partial charge in [-0.1, -0.05) is 44.6 Å². The van der Waals surface area contributed by atoms with Crippen molar-refractivity contribution in [3.8, 4) is 0 Å². The molecule has 182 valence electrons. The first-order valence-electron chi connectivity index (χ1n) is 12.2. The predicted molar refractivity (Wildman–Crippen MR) is 123 cm³/mol. The summed E-state index contributed by atoms with van der Waals surface area (Å²) in [5.74, 6) is -2.18. The van der Waals surface area contributed by atoms with Crippen LogP contribution in [0.4, 0.5) is 0 Å². The first-order valence-corrected chi connectivity index (χ1v) is 12.2. The van der Waals surface area contributed by atoms with Gasteiger partial charge in [0.1, 0.15) is 11.6 Å². The van der Waals surface area contributed by atoms with Crippen molar-refractivity contribution < 1.29 is 24.2 Å². The Morgan fingerprint density at radius 1 is 1.09 bits per heavy atom. The number of carbonyl (C=O) groups excluding carboxylic acids is 3. The van der Waals surface area contributed by atoms with Gasteiger partial charge in [0.15, 0.2) is 0 Å². The number of nitrogens with zero attached hydrogens (tertiary/aromatic N) is 3. The van der Waals surface area contributed by atoms with Gasteiger partial charge in [-0.25, -0.2) is 0 Å². The van der Waals surface area contributed by atoms with Gasteiger partial charge >= 0.3 is 0 Å². The molecule has 1 spiro atoms. The first kappa shape index (κ1) is 24.0. The van der Waals surface area contributed by atoms with Gasteiger partial charge in [-0.2, -0.15) is 0 Å². The topological polar surface area (TPSA) is 90.4 Å². The lowest BCUT2D eigenvalue weighted by atomic mass is 9.74. The van der Waals surface area contributed by atoms with Gasteiger partial charge in [0.25, 0.3) is 0 Å². The third kappa shape index (κ3) is 3.36. The van der Waals surface area contributed by atoms with Crippen LogP contribution >= 0.6 is 0 Å². The Kier molecular flexibility index (Phi) is 6.20. The van der Waals surface area contributed by atoms with Crippen molar-refractivity contribution in [2.45, 2.75) is 76.3 Å². The number of likely N-dealkylation sites (tertiary alicyclic amines) is 1. The minimum atomic E-state index is -1.25. The number of carbonyl (C=O) groups is 3. The minimum absolute atomic E-state index is 0.00244. The molecule has 3 amide bonds. The molecule has 4 aliphatic heterocycles. The molecule has 1 N–H and O–H groups in total. The Hall–Kier alpha value is -2.19. The molecule has 4 rings (SSSR count). The molecule has 0 aliphatic carbocycles. The van der Waals surface area contributed by atoms with E-state index in [0.29, 0.717) is 19.5 Å². The van der Waals surface area contributed by atoms with E-state index in [9.17, 15) is 19.5 Å². The number of hydrogen-bond acceptors (Lipinski definition) is 5. The summed E-state index contributed by atoms with van der Waals surface area (Å²) in [5, 5.41) is 10.1. The highest BCUT2D eigenvalue weighted by atomic mass is 16.5. The van der Waals surface area contributed by atoms with Crippen LogP contribution in [0, 0.1) is 11.8 Å². The molecule has 4 heterocycles. The number of likely N-dealkylation sites (N-methyl/N-ethyl adjacent to an activating group) is 1. The summed E-state index contributed by atoms with van der Waals surface area (Å²) in [5.41, 5.74) is -2.25. The summed E-state index contributed by atoms with van der Waals surface area (Å²) in [6, 6.07) is -1.43. The van der Waals surface area contributed by atoms with Crippen LogP contribution in [0.25, 0.3) is 0 Å². The van der Waals surface area contributed by atoms with Gasteiger partial charge in [-0.05, 0) is 26.7 Å². The summed E-state index contributed by atoms with van der Waals surface area (Å²) in [6.45, 7) is 8.46. The average Bonchev–Trinajstić information content (AvgIpc) is 3.05. The second kappa shape index (κ2) is 8.55. The Bertz CT molecular complexity index is 883. The van der Waals surface area contributed by atoms with E-state index in [-0.39, 0.29) is 30.4 Å². The summed E-state index contributed by atoms with van der Waals surface area (Å²) in [6.07, 6.45) is 9.84. The van der Waals surface area contributed by atoms with Crippen LogP contribution in [0.5, 0.6) is 0 Å². The van der Waals surface area contributed by atoms with Crippen LogP contribution in [-0.4, -0.2) is 93.6 Å². The quantitative estimate of drug-likeness (QED) is 0.606. The number of hydrogen-bond donors (Lipinski definition) is 1. The molecule has 0 aromatic heterocycles. The highest BCUT2D eigenvalue weighted by molar-refractivity contribution is 6.00. The van der Waals surface area contributed by atoms with E-state index in [1.807, 2.05) is 50.0 Å². The smallest absolute Gasteiger partial charge is 0.249 e. The standard InChI is InChI=1S/C25H37N3O5/c1-6-10-16(3)27-14-9-12-25-19(18-21(30)26(5)13-8-11-24(18,4)33-25)22(31)28(17(7-2)15-29)20(25)23(27)32/h8-9,11-12,16-20,29H,6-7,10,13-15H2,1-5H3/t16?,17-,18+,19-,20?,24-,25-/m0/s1.